The Hall–Kier alpha value is -1.10. The van der Waals surface area contributed by atoms with Crippen molar-refractivity contribution in [3.05, 3.63) is 0 Å². The van der Waals surface area contributed by atoms with Gasteiger partial charge in [0.2, 0.25) is 5.24 Å². The van der Waals surface area contributed by atoms with Crippen LogP contribution < -0.4 is 0 Å². The lowest BCUT2D eigenvalue weighted by atomic mass is 9.48. The third-order valence-electron chi connectivity index (χ3n) is 3.30. The Bertz CT molecular complexity index is 315. The normalized spacial score (nSPS) is 39.3. The highest BCUT2D eigenvalue weighted by atomic mass is 35.5. The smallest absolute Gasteiger partial charge is 0.307 e. The van der Waals surface area contributed by atoms with Gasteiger partial charge in [0.15, 0.2) is 0 Å². The van der Waals surface area contributed by atoms with Gasteiger partial charge in [0, 0.05) is 0 Å². The largest absolute Gasteiger partial charge is 0.481 e. The summed E-state index contributed by atoms with van der Waals surface area (Å²) in [7, 11) is 0. The summed E-state index contributed by atoms with van der Waals surface area (Å²) in [6.45, 7) is 2.79. The zero-order chi connectivity index (χ0) is 12.0. The highest BCUT2D eigenvalue weighted by Gasteiger charge is 2.67. The maximum Gasteiger partial charge on any atom is 0.307 e. The van der Waals surface area contributed by atoms with Gasteiger partial charge in [0.1, 0.15) is 0 Å². The molecule has 84 valence electrons. The fourth-order valence-corrected chi connectivity index (χ4v) is 2.80. The van der Waals surface area contributed by atoms with Crippen LogP contribution in [0.5, 0.6) is 0 Å². The van der Waals surface area contributed by atoms with Crippen molar-refractivity contribution in [2.45, 2.75) is 13.8 Å². The summed E-state index contributed by atoms with van der Waals surface area (Å²) < 4.78 is 0. The molecule has 6 heteroatoms. The first kappa shape index (κ1) is 12.0. The number of aliphatic carboxylic acids is 2. The van der Waals surface area contributed by atoms with Gasteiger partial charge in [-0.1, -0.05) is 6.92 Å². The van der Waals surface area contributed by atoms with Crippen LogP contribution in [0.2, 0.25) is 0 Å². The van der Waals surface area contributed by atoms with Gasteiger partial charge in [-0.25, -0.2) is 0 Å². The Labute approximate surface area is 91.0 Å². The summed E-state index contributed by atoms with van der Waals surface area (Å²) >= 11 is 5.30. The first-order chi connectivity index (χ1) is 6.74. The lowest BCUT2D eigenvalue weighted by Crippen LogP contribution is -2.62. The van der Waals surface area contributed by atoms with Crippen LogP contribution in [0, 0.1) is 23.2 Å². The van der Waals surface area contributed by atoms with Crippen LogP contribution in [0.1, 0.15) is 13.8 Å². The first-order valence-electron chi connectivity index (χ1n) is 4.40. The van der Waals surface area contributed by atoms with Gasteiger partial charge in [-0.3, -0.25) is 14.4 Å². The van der Waals surface area contributed by atoms with Crippen molar-refractivity contribution in [2.24, 2.45) is 23.2 Å². The van der Waals surface area contributed by atoms with E-state index in [1.54, 1.807) is 0 Å². The number of rotatable bonds is 3. The van der Waals surface area contributed by atoms with Gasteiger partial charge >= 0.3 is 11.9 Å². The predicted octanol–water partition coefficient (Wildman–Crippen LogP) is 0.809. The summed E-state index contributed by atoms with van der Waals surface area (Å²) in [6, 6.07) is 0. The summed E-state index contributed by atoms with van der Waals surface area (Å²) in [5.41, 5.74) is -1.50. The number of carbonyl (C=O) groups is 3. The van der Waals surface area contributed by atoms with Crippen molar-refractivity contribution in [3.8, 4) is 0 Å². The van der Waals surface area contributed by atoms with Gasteiger partial charge in [-0.15, -0.1) is 0 Å². The van der Waals surface area contributed by atoms with Crippen molar-refractivity contribution in [1.82, 2.24) is 0 Å². The van der Waals surface area contributed by atoms with Gasteiger partial charge in [-0.2, -0.15) is 0 Å². The van der Waals surface area contributed by atoms with E-state index < -0.39 is 40.3 Å². The zero-order valence-corrected chi connectivity index (χ0v) is 8.99. The number of carboxylic acids is 2. The van der Waals surface area contributed by atoms with E-state index in [0.717, 1.165) is 0 Å². The Balaban J connectivity index is 3.12. The molecule has 0 aromatic heterocycles. The average molecular weight is 235 g/mol. The topological polar surface area (TPSA) is 91.7 Å². The number of carbonyl (C=O) groups excluding carboxylic acids is 1. The Morgan fingerprint density at radius 1 is 1.13 bits per heavy atom. The fraction of sp³-hybridized carbons (Fsp3) is 0.667. The summed E-state index contributed by atoms with van der Waals surface area (Å²) in [5, 5.41) is 16.9. The van der Waals surface area contributed by atoms with Crippen LogP contribution in [0.25, 0.3) is 0 Å². The molecule has 1 rings (SSSR count). The molecular formula is C9H11ClO5. The molecule has 2 unspecified atom stereocenters. The van der Waals surface area contributed by atoms with Crippen molar-refractivity contribution >= 4 is 28.8 Å². The monoisotopic (exact) mass is 234 g/mol. The SMILES string of the molecule is CC1C(C(=O)O)C(C)(C(=O)Cl)C1C(=O)O. The van der Waals surface area contributed by atoms with Crippen LogP contribution in [-0.2, 0) is 14.4 Å². The first-order valence-corrected chi connectivity index (χ1v) is 4.78. The molecule has 5 nitrogen and oxygen atoms in total. The molecule has 15 heavy (non-hydrogen) atoms. The zero-order valence-electron chi connectivity index (χ0n) is 8.23. The van der Waals surface area contributed by atoms with Crippen LogP contribution in [0.3, 0.4) is 0 Å². The minimum absolute atomic E-state index is 0.590. The molecule has 0 heterocycles. The highest BCUT2D eigenvalue weighted by Crippen LogP contribution is 2.57. The molecule has 0 amide bonds. The molecule has 0 saturated heterocycles. The van der Waals surface area contributed by atoms with Gasteiger partial charge in [0.05, 0.1) is 17.3 Å². The second kappa shape index (κ2) is 3.48. The molecule has 1 aliphatic rings. The van der Waals surface area contributed by atoms with E-state index in [1.165, 1.54) is 13.8 Å². The number of carboxylic acid groups (broad SMARTS) is 2. The highest BCUT2D eigenvalue weighted by molar-refractivity contribution is 6.65. The van der Waals surface area contributed by atoms with E-state index in [4.69, 9.17) is 21.8 Å². The number of hydrogen-bond acceptors (Lipinski definition) is 3. The molecule has 1 fully saturated rings. The van der Waals surface area contributed by atoms with Crippen LogP contribution in [-0.4, -0.2) is 27.4 Å². The van der Waals surface area contributed by atoms with Crippen LogP contribution in [0.15, 0.2) is 0 Å². The minimum atomic E-state index is -1.50. The van der Waals surface area contributed by atoms with Crippen LogP contribution >= 0.6 is 11.6 Å². The third-order valence-corrected chi connectivity index (χ3v) is 3.71. The minimum Gasteiger partial charge on any atom is -0.481 e. The number of halogens is 1. The molecule has 1 aliphatic carbocycles. The Morgan fingerprint density at radius 3 is 1.67 bits per heavy atom. The van der Waals surface area contributed by atoms with E-state index in [2.05, 4.69) is 0 Å². The fourth-order valence-electron chi connectivity index (χ4n) is 2.57. The maximum atomic E-state index is 11.2. The van der Waals surface area contributed by atoms with E-state index in [0.29, 0.717) is 0 Å². The van der Waals surface area contributed by atoms with Crippen LogP contribution in [0.4, 0.5) is 0 Å². The van der Waals surface area contributed by atoms with E-state index >= 15 is 0 Å². The average Bonchev–Trinajstić information content (AvgIpc) is 2.00. The molecule has 2 N–H and O–H groups in total. The standard InChI is InChI=1S/C9H11ClO5/c1-3-4(6(11)12)9(2,8(10)15)5(3)7(13)14/h3-5H,1-2H3,(H,11,12)(H,13,14). The van der Waals surface area contributed by atoms with Gasteiger partial charge < -0.3 is 10.2 Å². The third kappa shape index (κ3) is 1.42. The lowest BCUT2D eigenvalue weighted by Gasteiger charge is -2.52. The van der Waals surface area contributed by atoms with Crippen molar-refractivity contribution in [3.63, 3.8) is 0 Å². The summed E-state index contributed by atoms with van der Waals surface area (Å²) in [4.78, 5) is 32.9. The van der Waals surface area contributed by atoms with E-state index in [9.17, 15) is 14.4 Å². The molecule has 1 saturated carbocycles. The molecule has 0 aromatic carbocycles. The molecular weight excluding hydrogens is 224 g/mol. The molecule has 0 bridgehead atoms. The number of hydrogen-bond donors (Lipinski definition) is 2. The second-order valence-electron chi connectivity index (χ2n) is 4.05. The van der Waals surface area contributed by atoms with E-state index in [1.807, 2.05) is 0 Å². The van der Waals surface area contributed by atoms with E-state index in [-0.39, 0.29) is 0 Å². The molecule has 2 atom stereocenters. The van der Waals surface area contributed by atoms with Crippen molar-refractivity contribution in [1.29, 1.82) is 0 Å². The predicted molar refractivity (Wildman–Crippen MR) is 50.4 cm³/mol. The second-order valence-corrected chi connectivity index (χ2v) is 4.39. The van der Waals surface area contributed by atoms with Crippen molar-refractivity contribution < 1.29 is 24.6 Å². The molecule has 0 spiro atoms. The summed E-state index contributed by atoms with van der Waals surface area (Å²) in [5.74, 6) is -5.01. The van der Waals surface area contributed by atoms with Crippen molar-refractivity contribution in [2.75, 3.05) is 0 Å². The Kier molecular flexibility index (Phi) is 2.78. The molecule has 0 radical (unpaired) electrons. The quantitative estimate of drug-likeness (QED) is 0.705. The maximum absolute atomic E-state index is 11.2. The lowest BCUT2D eigenvalue weighted by molar-refractivity contribution is -0.188. The Morgan fingerprint density at radius 2 is 1.47 bits per heavy atom. The molecule has 0 aromatic rings. The van der Waals surface area contributed by atoms with Gasteiger partial charge in [0.25, 0.3) is 0 Å². The van der Waals surface area contributed by atoms with Gasteiger partial charge in [-0.05, 0) is 24.4 Å². The molecule has 0 aliphatic heterocycles. The summed E-state index contributed by atoms with van der Waals surface area (Å²) in [6.07, 6.45) is 0.